The van der Waals surface area contributed by atoms with E-state index in [0.29, 0.717) is 11.8 Å². The average Bonchev–Trinajstić information content (AvgIpc) is 2.85. The molecule has 5 heteroatoms. The van der Waals surface area contributed by atoms with E-state index in [-0.39, 0.29) is 5.56 Å². The molecule has 1 fully saturated rings. The van der Waals surface area contributed by atoms with E-state index in [2.05, 4.69) is 73.9 Å². The van der Waals surface area contributed by atoms with Crippen LogP contribution in [0.5, 0.6) is 0 Å². The minimum absolute atomic E-state index is 0.150. The molecule has 2 bridgehead atoms. The van der Waals surface area contributed by atoms with Crippen molar-refractivity contribution in [2.24, 2.45) is 5.92 Å². The molecule has 2 aliphatic heterocycles. The summed E-state index contributed by atoms with van der Waals surface area (Å²) < 4.78 is 2.06. The summed E-state index contributed by atoms with van der Waals surface area (Å²) in [6, 6.07) is 23.0. The third-order valence-corrected chi connectivity index (χ3v) is 7.43. The predicted molar refractivity (Wildman–Crippen MR) is 138 cm³/mol. The first-order chi connectivity index (χ1) is 16.5. The molecule has 172 valence electrons. The highest BCUT2D eigenvalue weighted by Crippen LogP contribution is 2.36. The van der Waals surface area contributed by atoms with Gasteiger partial charge in [-0.15, -0.1) is 0 Å². The Morgan fingerprint density at radius 2 is 1.79 bits per heavy atom. The molecule has 4 aromatic rings. The van der Waals surface area contributed by atoms with Crippen LogP contribution in [0.3, 0.4) is 0 Å². The molecule has 2 aromatic heterocycles. The van der Waals surface area contributed by atoms with Gasteiger partial charge in [-0.25, -0.2) is 0 Å². The van der Waals surface area contributed by atoms with Crippen LogP contribution >= 0.6 is 0 Å². The van der Waals surface area contributed by atoms with Gasteiger partial charge in [0.05, 0.1) is 5.52 Å². The maximum atomic E-state index is 13.5. The number of pyridine rings is 2. The molecule has 0 N–H and O–H groups in total. The van der Waals surface area contributed by atoms with Gasteiger partial charge >= 0.3 is 0 Å². The van der Waals surface area contributed by atoms with Gasteiger partial charge in [0.2, 0.25) is 0 Å². The van der Waals surface area contributed by atoms with Gasteiger partial charge in [-0.2, -0.15) is 0 Å². The molecule has 0 radical (unpaired) electrons. The van der Waals surface area contributed by atoms with E-state index >= 15 is 0 Å². The van der Waals surface area contributed by atoms with Crippen LogP contribution in [0.25, 0.3) is 22.0 Å². The van der Waals surface area contributed by atoms with Crippen molar-refractivity contribution in [2.75, 3.05) is 32.1 Å². The van der Waals surface area contributed by atoms with E-state index in [4.69, 9.17) is 0 Å². The number of rotatable bonds is 4. The number of aromatic nitrogens is 2. The second-order valence-corrected chi connectivity index (χ2v) is 10.1. The third kappa shape index (κ3) is 3.80. The molecule has 2 aliphatic rings. The molecule has 2 aromatic carbocycles. The molecule has 4 heterocycles. The van der Waals surface area contributed by atoms with Gasteiger partial charge < -0.3 is 9.47 Å². The minimum atomic E-state index is 0.150. The van der Waals surface area contributed by atoms with Crippen molar-refractivity contribution in [2.45, 2.75) is 25.4 Å². The Balaban J connectivity index is 1.25. The van der Waals surface area contributed by atoms with Crippen LogP contribution in [0.2, 0.25) is 0 Å². The topological polar surface area (TPSA) is 41.4 Å². The molecular weight excluding hydrogens is 420 g/mol. The molecule has 34 heavy (non-hydrogen) atoms. The summed E-state index contributed by atoms with van der Waals surface area (Å²) in [6.07, 6.45) is 3.18. The van der Waals surface area contributed by atoms with Crippen molar-refractivity contribution >= 4 is 16.6 Å². The van der Waals surface area contributed by atoms with Gasteiger partial charge in [0.1, 0.15) is 0 Å². The lowest BCUT2D eigenvalue weighted by Gasteiger charge is -2.43. The molecular formula is C29H30N4O. The summed E-state index contributed by atoms with van der Waals surface area (Å²) in [5.74, 6) is 0.905. The molecule has 0 unspecified atom stereocenters. The maximum absolute atomic E-state index is 13.5. The minimum Gasteiger partial charge on any atom is -0.378 e. The second-order valence-electron chi connectivity index (χ2n) is 10.1. The quantitative estimate of drug-likeness (QED) is 0.450. The molecule has 5 nitrogen and oxygen atoms in total. The van der Waals surface area contributed by atoms with Gasteiger partial charge in [-0.1, -0.05) is 30.3 Å². The molecule has 1 saturated heterocycles. The number of hydrogen-bond donors (Lipinski definition) is 0. The first-order valence-electron chi connectivity index (χ1n) is 12.1. The zero-order chi connectivity index (χ0) is 23.2. The van der Waals surface area contributed by atoms with Gasteiger partial charge in [0.25, 0.3) is 5.56 Å². The van der Waals surface area contributed by atoms with Crippen molar-refractivity contribution < 1.29 is 0 Å². The Kier molecular flexibility index (Phi) is 5.22. The number of benzene rings is 2. The van der Waals surface area contributed by atoms with E-state index in [1.54, 1.807) is 0 Å². The van der Waals surface area contributed by atoms with Crippen molar-refractivity contribution in [1.29, 1.82) is 0 Å². The smallest absolute Gasteiger partial charge is 0.258 e. The standard InChI is InChI=1S/C29H30N4O/c1-31(2)25-9-7-22(8-10-25)26-11-12-28-24-14-21(18-33(28)29(26)34)17-32(19-24)16-20-13-23-5-3-4-6-27(23)30-15-20/h3-13,15,21,24H,14,16-19H2,1-2H3/t21-,24+/m0/s1. The number of para-hydroxylation sites is 1. The first kappa shape index (κ1) is 21.1. The largest absolute Gasteiger partial charge is 0.378 e. The van der Waals surface area contributed by atoms with E-state index in [1.807, 2.05) is 32.4 Å². The Morgan fingerprint density at radius 1 is 0.971 bits per heavy atom. The van der Waals surface area contributed by atoms with Gasteiger partial charge in [0.15, 0.2) is 0 Å². The molecule has 0 aliphatic carbocycles. The molecule has 6 rings (SSSR count). The first-order valence-corrected chi connectivity index (χ1v) is 12.1. The summed E-state index contributed by atoms with van der Waals surface area (Å²) in [4.78, 5) is 22.8. The Morgan fingerprint density at radius 3 is 2.62 bits per heavy atom. The van der Waals surface area contributed by atoms with Crippen LogP contribution < -0.4 is 10.5 Å². The summed E-state index contributed by atoms with van der Waals surface area (Å²) in [5, 5.41) is 1.19. The highest BCUT2D eigenvalue weighted by molar-refractivity contribution is 5.78. The monoisotopic (exact) mass is 450 g/mol. The van der Waals surface area contributed by atoms with Crippen LogP contribution in [-0.2, 0) is 13.1 Å². The number of anilines is 1. The zero-order valence-electron chi connectivity index (χ0n) is 19.8. The normalized spacial score (nSPS) is 19.7. The van der Waals surface area contributed by atoms with Crippen molar-refractivity contribution in [1.82, 2.24) is 14.5 Å². The molecule has 0 amide bonds. The van der Waals surface area contributed by atoms with E-state index in [9.17, 15) is 4.79 Å². The van der Waals surface area contributed by atoms with Crippen LogP contribution in [-0.4, -0.2) is 41.6 Å². The predicted octanol–water partition coefficient (Wildman–Crippen LogP) is 4.75. The van der Waals surface area contributed by atoms with Crippen molar-refractivity contribution in [3.05, 3.63) is 94.5 Å². The third-order valence-electron chi connectivity index (χ3n) is 7.43. The lowest BCUT2D eigenvalue weighted by atomic mass is 9.82. The van der Waals surface area contributed by atoms with Crippen LogP contribution in [0.4, 0.5) is 5.69 Å². The fourth-order valence-corrected chi connectivity index (χ4v) is 5.79. The number of nitrogens with zero attached hydrogens (tertiary/aromatic N) is 4. The number of fused-ring (bicyclic) bond motifs is 5. The Labute approximate surface area is 200 Å². The lowest BCUT2D eigenvalue weighted by molar-refractivity contribution is 0.114. The van der Waals surface area contributed by atoms with Gasteiger partial charge in [-0.05, 0) is 59.9 Å². The fourth-order valence-electron chi connectivity index (χ4n) is 5.79. The number of likely N-dealkylation sites (tertiary alicyclic amines) is 1. The molecule has 0 saturated carbocycles. The summed E-state index contributed by atoms with van der Waals surface area (Å²) in [5.41, 5.74) is 6.57. The zero-order valence-corrected chi connectivity index (χ0v) is 19.8. The summed E-state index contributed by atoms with van der Waals surface area (Å²) in [7, 11) is 4.06. The Bertz CT molecular complexity index is 1410. The number of piperidine rings is 1. The van der Waals surface area contributed by atoms with E-state index < -0.39 is 0 Å². The van der Waals surface area contributed by atoms with Crippen LogP contribution in [0.1, 0.15) is 23.6 Å². The second kappa shape index (κ2) is 8.41. The maximum Gasteiger partial charge on any atom is 0.258 e. The Hall–Kier alpha value is -3.44. The van der Waals surface area contributed by atoms with Crippen molar-refractivity contribution in [3.63, 3.8) is 0 Å². The lowest BCUT2D eigenvalue weighted by Crippen LogP contribution is -2.46. The summed E-state index contributed by atoms with van der Waals surface area (Å²) >= 11 is 0. The molecule has 0 spiro atoms. The van der Waals surface area contributed by atoms with Crippen molar-refractivity contribution in [3.8, 4) is 11.1 Å². The van der Waals surface area contributed by atoms with Gasteiger partial charge in [-0.3, -0.25) is 14.7 Å². The van der Waals surface area contributed by atoms with E-state index in [0.717, 1.165) is 48.5 Å². The highest BCUT2D eigenvalue weighted by Gasteiger charge is 2.35. The van der Waals surface area contributed by atoms with Crippen LogP contribution in [0, 0.1) is 5.92 Å². The average molecular weight is 451 g/mol. The SMILES string of the molecule is CN(C)c1ccc(-c2ccc3n(c2=O)C[C@H]2C[C@@H]3CN(Cc3cnc4ccccc4c3)C2)cc1. The molecule has 2 atom stereocenters. The summed E-state index contributed by atoms with van der Waals surface area (Å²) in [6.45, 7) is 3.72. The highest BCUT2D eigenvalue weighted by atomic mass is 16.1. The fraction of sp³-hybridized carbons (Fsp3) is 0.310. The van der Waals surface area contributed by atoms with E-state index in [1.165, 1.54) is 23.1 Å². The van der Waals surface area contributed by atoms with Gasteiger partial charge in [0, 0.05) is 74.7 Å². The van der Waals surface area contributed by atoms with Crippen LogP contribution in [0.15, 0.2) is 77.7 Å². The number of hydrogen-bond acceptors (Lipinski definition) is 4.